The zero-order valence-electron chi connectivity index (χ0n) is 27.5. The maximum Gasteiger partial charge on any atom is -0.00137 e. The molecule has 0 saturated carbocycles. The van der Waals surface area contributed by atoms with E-state index in [0.717, 1.165) is 0 Å². The Hall–Kier alpha value is -6.50. The molecule has 0 fully saturated rings. The quantitative estimate of drug-likeness (QED) is 0.169. The van der Waals surface area contributed by atoms with E-state index in [1.807, 2.05) is 0 Å². The lowest BCUT2D eigenvalue weighted by atomic mass is 9.79. The van der Waals surface area contributed by atoms with Gasteiger partial charge in [-0.25, -0.2) is 0 Å². The highest BCUT2D eigenvalue weighted by Crippen LogP contribution is 2.51. The molecule has 0 N–H and O–H groups in total. The van der Waals surface area contributed by atoms with Gasteiger partial charge in [-0.2, -0.15) is 0 Å². The van der Waals surface area contributed by atoms with Crippen molar-refractivity contribution >= 4 is 53.9 Å². The molecule has 0 aromatic heterocycles. The number of fused-ring (bicyclic) bond motifs is 5. The first kappa shape index (κ1) is 28.5. The summed E-state index contributed by atoms with van der Waals surface area (Å²) < 4.78 is 0. The summed E-state index contributed by atoms with van der Waals surface area (Å²) in [5.41, 5.74) is 10.0. The SMILES string of the molecule is c1ccc(-c2ccc3ccccc3c2-c2c3ccccc3c(-c3c(-c4ccccc4)ccc4ccccc34)c3cc4ccccc4cc23)cc1. The third kappa shape index (κ3) is 4.46. The Labute approximate surface area is 291 Å². The summed E-state index contributed by atoms with van der Waals surface area (Å²) in [4.78, 5) is 0. The third-order valence-corrected chi connectivity index (χ3v) is 10.4. The summed E-state index contributed by atoms with van der Waals surface area (Å²) in [7, 11) is 0. The van der Waals surface area contributed by atoms with E-state index in [1.54, 1.807) is 0 Å². The smallest absolute Gasteiger partial charge is 0.00137 e. The molecule has 0 spiro atoms. The van der Waals surface area contributed by atoms with Gasteiger partial charge in [-0.1, -0.05) is 182 Å². The number of benzene rings is 10. The van der Waals surface area contributed by atoms with Gasteiger partial charge in [0.2, 0.25) is 0 Å². The fourth-order valence-corrected chi connectivity index (χ4v) is 8.20. The van der Waals surface area contributed by atoms with Gasteiger partial charge < -0.3 is 0 Å². The van der Waals surface area contributed by atoms with Gasteiger partial charge in [-0.3, -0.25) is 0 Å². The number of hydrogen-bond donors (Lipinski definition) is 0. The molecule has 0 saturated heterocycles. The van der Waals surface area contributed by atoms with Crippen LogP contribution >= 0.6 is 0 Å². The molecule has 0 aliphatic carbocycles. The van der Waals surface area contributed by atoms with Crippen molar-refractivity contribution < 1.29 is 0 Å². The maximum absolute atomic E-state index is 2.44. The molecule has 0 aliphatic rings. The number of hydrogen-bond acceptors (Lipinski definition) is 0. The molecule has 10 rings (SSSR count). The summed E-state index contributed by atoms with van der Waals surface area (Å²) in [6, 6.07) is 71.4. The largest absolute Gasteiger partial charge is 0.0622 e. The van der Waals surface area contributed by atoms with Crippen molar-refractivity contribution in [2.75, 3.05) is 0 Å². The molecule has 0 heterocycles. The number of rotatable bonds is 4. The summed E-state index contributed by atoms with van der Waals surface area (Å²) in [6.07, 6.45) is 0. The van der Waals surface area contributed by atoms with Crippen LogP contribution in [0.5, 0.6) is 0 Å². The Morgan fingerprint density at radius 3 is 0.960 bits per heavy atom. The predicted molar refractivity (Wildman–Crippen MR) is 216 cm³/mol. The van der Waals surface area contributed by atoms with Gasteiger partial charge in [0.25, 0.3) is 0 Å². The highest BCUT2D eigenvalue weighted by Gasteiger charge is 2.24. The van der Waals surface area contributed by atoms with Crippen LogP contribution in [-0.4, -0.2) is 0 Å². The van der Waals surface area contributed by atoms with Gasteiger partial charge in [0.15, 0.2) is 0 Å². The fraction of sp³-hybridized carbons (Fsp3) is 0. The van der Waals surface area contributed by atoms with Crippen LogP contribution in [-0.2, 0) is 0 Å². The van der Waals surface area contributed by atoms with Crippen LogP contribution in [0.2, 0.25) is 0 Å². The summed E-state index contributed by atoms with van der Waals surface area (Å²) >= 11 is 0. The second-order valence-corrected chi connectivity index (χ2v) is 13.2. The monoisotopic (exact) mass is 632 g/mol. The van der Waals surface area contributed by atoms with Gasteiger partial charge in [-0.15, -0.1) is 0 Å². The van der Waals surface area contributed by atoms with Gasteiger partial charge >= 0.3 is 0 Å². The summed E-state index contributed by atoms with van der Waals surface area (Å²) in [6.45, 7) is 0. The Morgan fingerprint density at radius 1 is 0.200 bits per heavy atom. The molecule has 10 aromatic rings. The van der Waals surface area contributed by atoms with Gasteiger partial charge in [0.05, 0.1) is 0 Å². The second kappa shape index (κ2) is 11.6. The van der Waals surface area contributed by atoms with Crippen molar-refractivity contribution in [1.82, 2.24) is 0 Å². The van der Waals surface area contributed by atoms with Crippen LogP contribution in [0.15, 0.2) is 194 Å². The van der Waals surface area contributed by atoms with Gasteiger partial charge in [-0.05, 0) is 111 Å². The molecule has 0 atom stereocenters. The van der Waals surface area contributed by atoms with E-state index in [1.165, 1.54) is 98.4 Å². The Balaban J connectivity index is 1.46. The van der Waals surface area contributed by atoms with Crippen LogP contribution in [0.3, 0.4) is 0 Å². The van der Waals surface area contributed by atoms with E-state index in [-0.39, 0.29) is 0 Å². The Kier molecular flexibility index (Phi) is 6.60. The minimum absolute atomic E-state index is 1.22. The van der Waals surface area contributed by atoms with E-state index in [2.05, 4.69) is 194 Å². The molecule has 232 valence electrons. The van der Waals surface area contributed by atoms with Crippen LogP contribution < -0.4 is 0 Å². The lowest BCUT2D eigenvalue weighted by Gasteiger charge is -2.23. The van der Waals surface area contributed by atoms with E-state index < -0.39 is 0 Å². The molecule has 0 heteroatoms. The molecule has 0 radical (unpaired) electrons. The van der Waals surface area contributed by atoms with E-state index in [4.69, 9.17) is 0 Å². The standard InChI is InChI=1S/C50H32/c1-3-15-33(16-4-1)41-29-27-35-19-9-11-23-39(35)47(41)49-43-25-13-14-26-44(43)50(46-32-38-22-8-7-21-37(38)31-45(46)49)48-40-24-12-10-20-36(40)28-30-42(48)34-17-5-2-6-18-34/h1-32H. The zero-order chi connectivity index (χ0) is 33.0. The van der Waals surface area contributed by atoms with E-state index in [0.29, 0.717) is 0 Å². The van der Waals surface area contributed by atoms with Crippen LogP contribution in [0.25, 0.3) is 98.4 Å². The summed E-state index contributed by atoms with van der Waals surface area (Å²) in [5, 5.41) is 12.5. The van der Waals surface area contributed by atoms with Crippen molar-refractivity contribution in [3.8, 4) is 44.5 Å². The lowest BCUT2D eigenvalue weighted by Crippen LogP contribution is -1.96. The Morgan fingerprint density at radius 2 is 0.540 bits per heavy atom. The molecule has 0 aliphatic heterocycles. The van der Waals surface area contributed by atoms with Crippen LogP contribution in [0.1, 0.15) is 0 Å². The van der Waals surface area contributed by atoms with Gasteiger partial charge in [0.1, 0.15) is 0 Å². The minimum atomic E-state index is 1.22. The zero-order valence-corrected chi connectivity index (χ0v) is 27.5. The molecular formula is C50H32. The summed E-state index contributed by atoms with van der Waals surface area (Å²) in [5.74, 6) is 0. The van der Waals surface area contributed by atoms with Crippen molar-refractivity contribution in [1.29, 1.82) is 0 Å². The highest BCUT2D eigenvalue weighted by atomic mass is 14.3. The lowest BCUT2D eigenvalue weighted by molar-refractivity contribution is 1.62. The fourth-order valence-electron chi connectivity index (χ4n) is 8.20. The third-order valence-electron chi connectivity index (χ3n) is 10.4. The molecule has 50 heavy (non-hydrogen) atoms. The highest BCUT2D eigenvalue weighted by molar-refractivity contribution is 6.29. The first-order valence-electron chi connectivity index (χ1n) is 17.4. The van der Waals surface area contributed by atoms with Crippen molar-refractivity contribution in [3.63, 3.8) is 0 Å². The van der Waals surface area contributed by atoms with Crippen molar-refractivity contribution in [2.24, 2.45) is 0 Å². The minimum Gasteiger partial charge on any atom is -0.0622 e. The predicted octanol–water partition coefficient (Wildman–Crippen LogP) is 14.1. The van der Waals surface area contributed by atoms with Gasteiger partial charge in [0, 0.05) is 0 Å². The topological polar surface area (TPSA) is 0 Å². The maximum atomic E-state index is 2.44. The first-order chi connectivity index (χ1) is 24.8. The molecule has 10 aromatic carbocycles. The second-order valence-electron chi connectivity index (χ2n) is 13.2. The molecular weight excluding hydrogens is 601 g/mol. The molecule has 0 nitrogen and oxygen atoms in total. The van der Waals surface area contributed by atoms with Crippen LogP contribution in [0.4, 0.5) is 0 Å². The van der Waals surface area contributed by atoms with Crippen LogP contribution in [0, 0.1) is 0 Å². The first-order valence-corrected chi connectivity index (χ1v) is 17.4. The molecule has 0 amide bonds. The Bertz CT molecular complexity index is 2700. The normalized spacial score (nSPS) is 11.6. The molecule has 0 bridgehead atoms. The average molecular weight is 633 g/mol. The van der Waals surface area contributed by atoms with E-state index in [9.17, 15) is 0 Å². The van der Waals surface area contributed by atoms with Crippen molar-refractivity contribution in [3.05, 3.63) is 194 Å². The van der Waals surface area contributed by atoms with Crippen molar-refractivity contribution in [2.45, 2.75) is 0 Å². The van der Waals surface area contributed by atoms with E-state index >= 15 is 0 Å². The average Bonchev–Trinajstić information content (AvgIpc) is 3.19. The molecule has 0 unspecified atom stereocenters.